The molecule has 0 amide bonds. The fourth-order valence-corrected chi connectivity index (χ4v) is 3.17. The first-order chi connectivity index (χ1) is 9.32. The third-order valence-electron chi connectivity index (χ3n) is 3.50. The highest BCUT2D eigenvalue weighted by atomic mass is 32.2. The van der Waals surface area contributed by atoms with Crippen LogP contribution in [-0.2, 0) is 14.8 Å². The summed E-state index contributed by atoms with van der Waals surface area (Å²) in [6.07, 6.45) is 1.89. The van der Waals surface area contributed by atoms with Crippen molar-refractivity contribution in [3.63, 3.8) is 0 Å². The third kappa shape index (κ3) is 3.71. The molecule has 0 saturated carbocycles. The highest BCUT2D eigenvalue weighted by molar-refractivity contribution is 7.89. The molecule has 0 spiro atoms. The summed E-state index contributed by atoms with van der Waals surface area (Å²) in [5.41, 5.74) is 0.827. The zero-order valence-electron chi connectivity index (χ0n) is 12.1. The number of hydrogen-bond acceptors (Lipinski definition) is 4. The van der Waals surface area contributed by atoms with Gasteiger partial charge in [0.05, 0.1) is 10.5 Å². The zero-order valence-corrected chi connectivity index (χ0v) is 13.0. The number of hydrogen-bond donors (Lipinski definition) is 2. The van der Waals surface area contributed by atoms with Crippen molar-refractivity contribution in [2.45, 2.75) is 43.2 Å². The molecule has 2 rings (SSSR count). The lowest BCUT2D eigenvalue weighted by atomic mass is 9.94. The van der Waals surface area contributed by atoms with E-state index in [-0.39, 0.29) is 10.5 Å². The fourth-order valence-electron chi connectivity index (χ4n) is 2.44. The first kappa shape index (κ1) is 15.3. The molecule has 1 fully saturated rings. The second-order valence-corrected chi connectivity index (χ2v) is 7.56. The molecule has 1 heterocycles. The van der Waals surface area contributed by atoms with Crippen molar-refractivity contribution in [2.24, 2.45) is 0 Å². The van der Waals surface area contributed by atoms with Crippen molar-refractivity contribution >= 4 is 15.7 Å². The van der Waals surface area contributed by atoms with Gasteiger partial charge in [-0.15, -0.1) is 0 Å². The maximum atomic E-state index is 11.6. The Kier molecular flexibility index (Phi) is 4.36. The molecule has 1 aromatic carbocycles. The van der Waals surface area contributed by atoms with Gasteiger partial charge < -0.3 is 10.1 Å². The monoisotopic (exact) mass is 298 g/mol. The lowest BCUT2D eigenvalue weighted by Gasteiger charge is -2.36. The van der Waals surface area contributed by atoms with Gasteiger partial charge in [0, 0.05) is 18.3 Å². The smallest absolute Gasteiger partial charge is 0.240 e. The van der Waals surface area contributed by atoms with Crippen LogP contribution in [0, 0.1) is 0 Å². The number of rotatable bonds is 4. The van der Waals surface area contributed by atoms with Crippen LogP contribution in [0.3, 0.4) is 0 Å². The average Bonchev–Trinajstić information content (AvgIpc) is 2.38. The van der Waals surface area contributed by atoms with Crippen LogP contribution in [0.5, 0.6) is 0 Å². The summed E-state index contributed by atoms with van der Waals surface area (Å²) in [6, 6.07) is 7.17. The summed E-state index contributed by atoms with van der Waals surface area (Å²) < 4.78 is 31.3. The lowest BCUT2D eigenvalue weighted by Crippen LogP contribution is -2.40. The number of sulfonamides is 1. The summed E-state index contributed by atoms with van der Waals surface area (Å²) in [4.78, 5) is 0.276. The van der Waals surface area contributed by atoms with Crippen LogP contribution in [-0.4, -0.2) is 33.7 Å². The molecule has 0 bridgehead atoms. The maximum Gasteiger partial charge on any atom is 0.240 e. The second-order valence-electron chi connectivity index (χ2n) is 5.67. The van der Waals surface area contributed by atoms with E-state index in [0.717, 1.165) is 25.1 Å². The van der Waals surface area contributed by atoms with E-state index in [1.807, 2.05) is 0 Å². The van der Waals surface area contributed by atoms with E-state index in [2.05, 4.69) is 23.9 Å². The van der Waals surface area contributed by atoms with Gasteiger partial charge in [-0.1, -0.05) is 0 Å². The summed E-state index contributed by atoms with van der Waals surface area (Å²) in [7, 11) is -1.96. The van der Waals surface area contributed by atoms with Gasteiger partial charge in [0.25, 0.3) is 0 Å². The molecule has 2 N–H and O–H groups in total. The minimum Gasteiger partial charge on any atom is -0.382 e. The highest BCUT2D eigenvalue weighted by Crippen LogP contribution is 2.26. The van der Waals surface area contributed by atoms with Gasteiger partial charge in [0.1, 0.15) is 0 Å². The first-order valence-corrected chi connectivity index (χ1v) is 8.25. The molecular weight excluding hydrogens is 276 g/mol. The molecule has 6 heteroatoms. The van der Waals surface area contributed by atoms with Gasteiger partial charge in [-0.25, -0.2) is 13.1 Å². The predicted octanol–water partition coefficient (Wildman–Crippen LogP) is 1.96. The summed E-state index contributed by atoms with van der Waals surface area (Å²) >= 11 is 0. The van der Waals surface area contributed by atoms with Crippen LogP contribution in [0.1, 0.15) is 26.7 Å². The standard InChI is InChI=1S/C14H22N2O3S/c1-14(2)10-12(8-9-19-14)16-11-4-6-13(7-5-11)20(17,18)15-3/h4-7,12,15-16H,8-10H2,1-3H3. The largest absolute Gasteiger partial charge is 0.382 e. The van der Waals surface area contributed by atoms with Gasteiger partial charge in [0.15, 0.2) is 0 Å². The SMILES string of the molecule is CNS(=O)(=O)c1ccc(NC2CCOC(C)(C)C2)cc1. The summed E-state index contributed by atoms with van der Waals surface area (Å²) in [6.45, 7) is 4.92. The molecular formula is C14H22N2O3S. The molecule has 1 saturated heterocycles. The van der Waals surface area contributed by atoms with Crippen molar-refractivity contribution in [2.75, 3.05) is 19.0 Å². The second kappa shape index (κ2) is 5.71. The van der Waals surface area contributed by atoms with Gasteiger partial charge in [-0.2, -0.15) is 0 Å². The molecule has 1 aliphatic heterocycles. The Bertz CT molecular complexity index is 552. The van der Waals surface area contributed by atoms with Gasteiger partial charge in [-0.3, -0.25) is 0 Å². The summed E-state index contributed by atoms with van der Waals surface area (Å²) in [5.74, 6) is 0. The van der Waals surface area contributed by atoms with E-state index in [0.29, 0.717) is 6.04 Å². The predicted molar refractivity (Wildman–Crippen MR) is 79.4 cm³/mol. The van der Waals surface area contributed by atoms with Crippen LogP contribution < -0.4 is 10.0 Å². The van der Waals surface area contributed by atoms with Crippen LogP contribution in [0.15, 0.2) is 29.2 Å². The van der Waals surface area contributed by atoms with Crippen LogP contribution in [0.25, 0.3) is 0 Å². The van der Waals surface area contributed by atoms with Crippen molar-refractivity contribution in [3.05, 3.63) is 24.3 Å². The third-order valence-corrected chi connectivity index (χ3v) is 4.93. The molecule has 1 aliphatic rings. The molecule has 0 aromatic heterocycles. The number of anilines is 1. The van der Waals surface area contributed by atoms with E-state index in [1.54, 1.807) is 24.3 Å². The van der Waals surface area contributed by atoms with E-state index in [1.165, 1.54) is 7.05 Å². The topological polar surface area (TPSA) is 67.4 Å². The van der Waals surface area contributed by atoms with Gasteiger partial charge >= 0.3 is 0 Å². The molecule has 0 aliphatic carbocycles. The lowest BCUT2D eigenvalue weighted by molar-refractivity contribution is -0.0553. The van der Waals surface area contributed by atoms with Crippen molar-refractivity contribution in [1.82, 2.24) is 4.72 Å². The van der Waals surface area contributed by atoms with Crippen LogP contribution in [0.2, 0.25) is 0 Å². The van der Waals surface area contributed by atoms with Crippen molar-refractivity contribution in [1.29, 1.82) is 0 Å². The Morgan fingerprint density at radius 1 is 1.25 bits per heavy atom. The van der Waals surface area contributed by atoms with Crippen LogP contribution >= 0.6 is 0 Å². The van der Waals surface area contributed by atoms with E-state index < -0.39 is 10.0 Å². The van der Waals surface area contributed by atoms with Gasteiger partial charge in [-0.05, 0) is 58.0 Å². The Morgan fingerprint density at radius 3 is 2.45 bits per heavy atom. The number of ether oxygens (including phenoxy) is 1. The molecule has 1 aromatic rings. The van der Waals surface area contributed by atoms with Crippen molar-refractivity contribution in [3.8, 4) is 0 Å². The quantitative estimate of drug-likeness (QED) is 0.892. The normalized spacial score (nSPS) is 22.4. The number of benzene rings is 1. The highest BCUT2D eigenvalue weighted by Gasteiger charge is 2.28. The van der Waals surface area contributed by atoms with Gasteiger partial charge in [0.2, 0.25) is 10.0 Å². The molecule has 1 atom stereocenters. The molecule has 20 heavy (non-hydrogen) atoms. The molecule has 5 nitrogen and oxygen atoms in total. The van der Waals surface area contributed by atoms with E-state index in [9.17, 15) is 8.42 Å². The Balaban J connectivity index is 2.04. The maximum absolute atomic E-state index is 11.6. The minimum absolute atomic E-state index is 0.106. The van der Waals surface area contributed by atoms with Crippen molar-refractivity contribution < 1.29 is 13.2 Å². The molecule has 1 unspecified atom stereocenters. The zero-order chi connectivity index (χ0) is 14.8. The molecule has 112 valence electrons. The first-order valence-electron chi connectivity index (χ1n) is 6.76. The Labute approximate surface area is 120 Å². The number of nitrogens with one attached hydrogen (secondary N) is 2. The Morgan fingerprint density at radius 2 is 1.90 bits per heavy atom. The average molecular weight is 298 g/mol. The van der Waals surface area contributed by atoms with E-state index in [4.69, 9.17) is 4.74 Å². The fraction of sp³-hybridized carbons (Fsp3) is 0.571. The van der Waals surface area contributed by atoms with Crippen LogP contribution in [0.4, 0.5) is 5.69 Å². The Hall–Kier alpha value is -1.11. The summed E-state index contributed by atoms with van der Waals surface area (Å²) in [5, 5.41) is 3.44. The molecule has 0 radical (unpaired) electrons. The minimum atomic E-state index is -3.36. The van der Waals surface area contributed by atoms with E-state index >= 15 is 0 Å².